The zero-order chi connectivity index (χ0) is 17.2. The van der Waals surface area contributed by atoms with Crippen LogP contribution in [0.15, 0.2) is 65.5 Å². The number of aromatic hydroxyl groups is 2. The Morgan fingerprint density at radius 2 is 1.64 bits per heavy atom. The average molecular weight is 334 g/mol. The van der Waals surface area contributed by atoms with E-state index in [1.54, 1.807) is 36.4 Å². The van der Waals surface area contributed by atoms with Crippen molar-refractivity contribution in [2.75, 3.05) is 10.6 Å². The molecule has 25 heavy (non-hydrogen) atoms. The van der Waals surface area contributed by atoms with Gasteiger partial charge in [0.25, 0.3) is 0 Å². The third-order valence-electron chi connectivity index (χ3n) is 3.59. The summed E-state index contributed by atoms with van der Waals surface area (Å²) in [6.45, 7) is 0. The molecule has 0 aliphatic heterocycles. The van der Waals surface area contributed by atoms with Gasteiger partial charge in [-0.2, -0.15) is 0 Å². The number of phenolic OH excluding ortho intramolecular Hbond substituents is 2. The largest absolute Gasteiger partial charge is 0.508 e. The number of anilines is 4. The first-order valence-corrected chi connectivity index (χ1v) is 7.53. The summed E-state index contributed by atoms with van der Waals surface area (Å²) in [6.07, 6.45) is 2.94. The summed E-state index contributed by atoms with van der Waals surface area (Å²) in [5.41, 5.74) is 1.83. The van der Waals surface area contributed by atoms with Crippen LogP contribution in [0.25, 0.3) is 11.0 Å². The highest BCUT2D eigenvalue weighted by Gasteiger charge is 2.07. The van der Waals surface area contributed by atoms with Crippen LogP contribution in [0.2, 0.25) is 0 Å². The molecule has 124 valence electrons. The molecule has 0 radical (unpaired) electrons. The van der Waals surface area contributed by atoms with Gasteiger partial charge in [-0.1, -0.05) is 6.07 Å². The van der Waals surface area contributed by atoms with Gasteiger partial charge in [0, 0.05) is 35.0 Å². The molecule has 0 amide bonds. The van der Waals surface area contributed by atoms with Crippen LogP contribution in [0.5, 0.6) is 11.5 Å². The highest BCUT2D eigenvalue weighted by molar-refractivity contribution is 5.87. The molecule has 2 heterocycles. The summed E-state index contributed by atoms with van der Waals surface area (Å²) in [4.78, 5) is 8.33. The van der Waals surface area contributed by atoms with Crippen molar-refractivity contribution < 1.29 is 14.6 Å². The first-order valence-electron chi connectivity index (χ1n) is 7.53. The lowest BCUT2D eigenvalue weighted by molar-refractivity contribution is 0.465. The maximum Gasteiger partial charge on any atom is 0.175 e. The summed E-state index contributed by atoms with van der Waals surface area (Å²) >= 11 is 0. The van der Waals surface area contributed by atoms with Crippen LogP contribution in [-0.2, 0) is 0 Å². The number of furan rings is 1. The molecule has 4 rings (SSSR count). The Hall–Kier alpha value is -3.74. The van der Waals surface area contributed by atoms with Gasteiger partial charge in [0.15, 0.2) is 11.3 Å². The molecule has 4 aromatic rings. The van der Waals surface area contributed by atoms with Crippen LogP contribution in [-0.4, -0.2) is 20.2 Å². The molecule has 0 saturated carbocycles. The molecule has 0 fully saturated rings. The van der Waals surface area contributed by atoms with Crippen molar-refractivity contribution in [3.05, 3.63) is 61.1 Å². The van der Waals surface area contributed by atoms with Crippen molar-refractivity contribution >= 4 is 34.0 Å². The fourth-order valence-corrected chi connectivity index (χ4v) is 2.51. The van der Waals surface area contributed by atoms with Crippen molar-refractivity contribution in [3.63, 3.8) is 0 Å². The average Bonchev–Trinajstić information content (AvgIpc) is 3.04. The van der Waals surface area contributed by atoms with E-state index in [1.807, 2.05) is 12.1 Å². The monoisotopic (exact) mass is 334 g/mol. The second-order valence-corrected chi connectivity index (χ2v) is 5.42. The maximum atomic E-state index is 9.99. The number of benzene rings is 2. The quantitative estimate of drug-likeness (QED) is 0.445. The Morgan fingerprint density at radius 1 is 0.840 bits per heavy atom. The van der Waals surface area contributed by atoms with Crippen LogP contribution >= 0.6 is 0 Å². The van der Waals surface area contributed by atoms with Crippen LogP contribution < -0.4 is 10.6 Å². The van der Waals surface area contributed by atoms with Crippen molar-refractivity contribution in [1.82, 2.24) is 9.97 Å². The second kappa shape index (κ2) is 6.04. The highest BCUT2D eigenvalue weighted by Crippen LogP contribution is 2.31. The molecule has 0 aliphatic rings. The summed E-state index contributed by atoms with van der Waals surface area (Å²) < 4.78 is 5.22. The number of fused-ring (bicyclic) bond motifs is 1. The van der Waals surface area contributed by atoms with Gasteiger partial charge in [0.05, 0.1) is 6.26 Å². The van der Waals surface area contributed by atoms with E-state index in [0.717, 1.165) is 5.39 Å². The Bertz CT molecular complexity index is 1050. The lowest BCUT2D eigenvalue weighted by Gasteiger charge is -2.09. The van der Waals surface area contributed by atoms with Crippen molar-refractivity contribution in [2.24, 2.45) is 0 Å². The van der Waals surface area contributed by atoms with E-state index in [9.17, 15) is 10.2 Å². The van der Waals surface area contributed by atoms with Crippen molar-refractivity contribution in [1.29, 1.82) is 0 Å². The summed E-state index contributed by atoms with van der Waals surface area (Å²) in [6, 6.07) is 13.7. The normalized spacial score (nSPS) is 10.7. The van der Waals surface area contributed by atoms with Gasteiger partial charge >= 0.3 is 0 Å². The first kappa shape index (κ1) is 14.8. The van der Waals surface area contributed by atoms with Gasteiger partial charge in [0.1, 0.15) is 23.7 Å². The minimum Gasteiger partial charge on any atom is -0.508 e. The lowest BCUT2D eigenvalue weighted by Crippen LogP contribution is -1.98. The number of rotatable bonds is 4. The minimum absolute atomic E-state index is 0.0529. The Morgan fingerprint density at radius 3 is 2.44 bits per heavy atom. The van der Waals surface area contributed by atoms with Crippen LogP contribution in [0.3, 0.4) is 0 Å². The van der Waals surface area contributed by atoms with E-state index >= 15 is 0 Å². The smallest absolute Gasteiger partial charge is 0.175 e. The van der Waals surface area contributed by atoms with Crippen LogP contribution in [0, 0.1) is 0 Å². The molecule has 0 saturated heterocycles. The Kier molecular flexibility index (Phi) is 3.59. The number of nitrogens with one attached hydrogen (secondary N) is 2. The summed E-state index contributed by atoms with van der Waals surface area (Å²) in [5.74, 6) is 1.34. The number of hydrogen-bond acceptors (Lipinski definition) is 7. The van der Waals surface area contributed by atoms with E-state index in [0.29, 0.717) is 28.6 Å². The lowest BCUT2D eigenvalue weighted by atomic mass is 10.2. The van der Waals surface area contributed by atoms with E-state index < -0.39 is 0 Å². The maximum absolute atomic E-state index is 9.99. The zero-order valence-electron chi connectivity index (χ0n) is 13.0. The fraction of sp³-hybridized carbons (Fsp3) is 0. The number of nitrogens with zero attached hydrogens (tertiary/aromatic N) is 2. The molecule has 0 bridgehead atoms. The molecule has 2 aromatic heterocycles. The van der Waals surface area contributed by atoms with E-state index in [1.165, 1.54) is 12.6 Å². The van der Waals surface area contributed by atoms with Crippen molar-refractivity contribution in [2.45, 2.75) is 0 Å². The van der Waals surface area contributed by atoms with Gasteiger partial charge in [-0.05, 0) is 24.3 Å². The number of phenols is 2. The topological polar surface area (TPSA) is 103 Å². The molecule has 7 nitrogen and oxygen atoms in total. The van der Waals surface area contributed by atoms with Gasteiger partial charge in [-0.15, -0.1) is 0 Å². The molecular formula is C18H14N4O3. The molecule has 0 unspecified atom stereocenters. The predicted molar refractivity (Wildman–Crippen MR) is 94.6 cm³/mol. The zero-order valence-corrected chi connectivity index (χ0v) is 13.0. The molecule has 0 spiro atoms. The van der Waals surface area contributed by atoms with E-state index in [4.69, 9.17) is 4.42 Å². The molecule has 2 aromatic carbocycles. The Labute approximate surface area is 142 Å². The van der Waals surface area contributed by atoms with Gasteiger partial charge < -0.3 is 25.3 Å². The second-order valence-electron chi connectivity index (χ2n) is 5.42. The van der Waals surface area contributed by atoms with Crippen LogP contribution in [0.4, 0.5) is 23.0 Å². The number of hydrogen-bond donors (Lipinski definition) is 4. The molecule has 7 heteroatoms. The van der Waals surface area contributed by atoms with E-state index in [2.05, 4.69) is 20.6 Å². The minimum atomic E-state index is 0.0529. The summed E-state index contributed by atoms with van der Waals surface area (Å²) in [7, 11) is 0. The van der Waals surface area contributed by atoms with Gasteiger partial charge in [-0.25, -0.2) is 9.97 Å². The van der Waals surface area contributed by atoms with Crippen LogP contribution in [0.1, 0.15) is 0 Å². The Balaban J connectivity index is 1.58. The highest BCUT2D eigenvalue weighted by atomic mass is 16.3. The van der Waals surface area contributed by atoms with Gasteiger partial charge in [-0.3, -0.25) is 0 Å². The first-order chi connectivity index (χ1) is 12.2. The van der Waals surface area contributed by atoms with Gasteiger partial charge in [0.2, 0.25) is 0 Å². The fourth-order valence-electron chi connectivity index (χ4n) is 2.51. The van der Waals surface area contributed by atoms with Crippen molar-refractivity contribution in [3.8, 4) is 11.5 Å². The SMILES string of the molecule is Oc1cccc(Nc2cc(Nc3cc(O)c4occc4c3)ncn2)c1. The molecular weight excluding hydrogens is 320 g/mol. The summed E-state index contributed by atoms with van der Waals surface area (Å²) in [5, 5.41) is 26.5. The third-order valence-corrected chi connectivity index (χ3v) is 3.59. The molecule has 4 N–H and O–H groups in total. The predicted octanol–water partition coefficient (Wildman–Crippen LogP) is 4.12. The standard InChI is InChI=1S/C18H14N4O3/c23-14-3-1-2-12(7-14)21-16-9-17(20-10-19-16)22-13-6-11-4-5-25-18(11)15(24)8-13/h1-10,23-24H,(H2,19,20,21,22). The van der Waals surface area contributed by atoms with E-state index in [-0.39, 0.29) is 11.5 Å². The molecule has 0 aliphatic carbocycles. The molecule has 0 atom stereocenters. The third kappa shape index (κ3) is 3.16. The number of aromatic nitrogens is 2.